The molecule has 2 unspecified atom stereocenters. The Kier molecular flexibility index (Phi) is 4.32. The van der Waals surface area contributed by atoms with Crippen molar-refractivity contribution in [3.05, 3.63) is 16.1 Å². The third-order valence-corrected chi connectivity index (χ3v) is 4.26. The first-order valence-electron chi connectivity index (χ1n) is 5.98. The molecule has 0 amide bonds. The van der Waals surface area contributed by atoms with Gasteiger partial charge in [-0.2, -0.15) is 0 Å². The van der Waals surface area contributed by atoms with Gasteiger partial charge in [0, 0.05) is 24.1 Å². The van der Waals surface area contributed by atoms with Crippen LogP contribution in [0.15, 0.2) is 5.51 Å². The largest absolute Gasteiger partial charge is 0.381 e. The molecule has 2 atom stereocenters. The van der Waals surface area contributed by atoms with E-state index in [9.17, 15) is 0 Å². The maximum Gasteiger partial charge on any atom is 0.0798 e. The summed E-state index contributed by atoms with van der Waals surface area (Å²) in [6, 6.07) is 0.412. The number of thiazole rings is 1. The summed E-state index contributed by atoms with van der Waals surface area (Å²) < 4.78 is 5.48. The molecule has 1 aliphatic rings. The van der Waals surface area contributed by atoms with Gasteiger partial charge in [0.25, 0.3) is 0 Å². The van der Waals surface area contributed by atoms with Crippen LogP contribution in [0.1, 0.15) is 36.4 Å². The Morgan fingerprint density at radius 1 is 1.69 bits per heavy atom. The molecule has 0 bridgehead atoms. The number of rotatable bonds is 4. The molecule has 0 saturated carbocycles. The number of hydrogen-bond acceptors (Lipinski definition) is 4. The van der Waals surface area contributed by atoms with Gasteiger partial charge in [-0.25, -0.2) is 4.98 Å². The van der Waals surface area contributed by atoms with Crippen LogP contribution in [0.5, 0.6) is 0 Å². The van der Waals surface area contributed by atoms with Crippen molar-refractivity contribution in [1.29, 1.82) is 0 Å². The molecule has 2 heterocycles. The van der Waals surface area contributed by atoms with E-state index in [0.29, 0.717) is 12.0 Å². The van der Waals surface area contributed by atoms with Gasteiger partial charge in [0.15, 0.2) is 0 Å². The zero-order valence-corrected chi connectivity index (χ0v) is 10.8. The molecule has 90 valence electrons. The smallest absolute Gasteiger partial charge is 0.0798 e. The van der Waals surface area contributed by atoms with Crippen molar-refractivity contribution in [1.82, 2.24) is 10.3 Å². The van der Waals surface area contributed by atoms with E-state index in [-0.39, 0.29) is 0 Å². The van der Waals surface area contributed by atoms with E-state index >= 15 is 0 Å². The van der Waals surface area contributed by atoms with Crippen molar-refractivity contribution in [2.75, 3.05) is 19.8 Å². The molecule has 1 aromatic rings. The van der Waals surface area contributed by atoms with Gasteiger partial charge >= 0.3 is 0 Å². The second kappa shape index (κ2) is 5.75. The van der Waals surface area contributed by atoms with E-state index in [2.05, 4.69) is 24.1 Å². The molecule has 0 radical (unpaired) electrons. The monoisotopic (exact) mass is 240 g/mol. The van der Waals surface area contributed by atoms with Crippen LogP contribution in [0.25, 0.3) is 0 Å². The molecule has 0 aromatic carbocycles. The number of nitrogens with one attached hydrogen (secondary N) is 1. The maximum absolute atomic E-state index is 5.48. The Morgan fingerprint density at radius 2 is 2.56 bits per heavy atom. The minimum atomic E-state index is 0.412. The lowest BCUT2D eigenvalue weighted by Crippen LogP contribution is -2.30. The van der Waals surface area contributed by atoms with Crippen molar-refractivity contribution >= 4 is 11.3 Å². The zero-order chi connectivity index (χ0) is 11.4. The number of aromatic nitrogens is 1. The second-order valence-corrected chi connectivity index (χ2v) is 5.40. The van der Waals surface area contributed by atoms with Crippen molar-refractivity contribution in [3.8, 4) is 0 Å². The summed E-state index contributed by atoms with van der Waals surface area (Å²) in [5.74, 6) is 0.685. The first-order chi connectivity index (χ1) is 7.77. The van der Waals surface area contributed by atoms with Crippen LogP contribution in [0.2, 0.25) is 0 Å². The molecule has 2 rings (SSSR count). The fourth-order valence-electron chi connectivity index (χ4n) is 2.13. The average Bonchev–Trinajstić information content (AvgIpc) is 2.74. The number of hydrogen-bond donors (Lipinski definition) is 1. The molecule has 0 aliphatic carbocycles. The lowest BCUT2D eigenvalue weighted by molar-refractivity contribution is 0.0540. The van der Waals surface area contributed by atoms with Gasteiger partial charge in [-0.1, -0.05) is 0 Å². The van der Waals surface area contributed by atoms with Gasteiger partial charge in [-0.05, 0) is 32.6 Å². The zero-order valence-electron chi connectivity index (χ0n) is 10.0. The standard InChI is InChI=1S/C12H20N2OS/c1-9(12-10(2)14-8-16-12)13-6-11-4-3-5-15-7-11/h8-9,11,13H,3-7H2,1-2H3. The lowest BCUT2D eigenvalue weighted by Gasteiger charge is -2.24. The quantitative estimate of drug-likeness (QED) is 0.878. The molecule has 1 N–H and O–H groups in total. The fraction of sp³-hybridized carbons (Fsp3) is 0.750. The van der Waals surface area contributed by atoms with Gasteiger partial charge in [0.2, 0.25) is 0 Å². The predicted molar refractivity (Wildman–Crippen MR) is 66.8 cm³/mol. The minimum Gasteiger partial charge on any atom is -0.381 e. The van der Waals surface area contributed by atoms with Crippen molar-refractivity contribution in [2.45, 2.75) is 32.7 Å². The summed E-state index contributed by atoms with van der Waals surface area (Å²) in [6.07, 6.45) is 2.50. The van der Waals surface area contributed by atoms with Crippen LogP contribution >= 0.6 is 11.3 Å². The Balaban J connectivity index is 1.79. The highest BCUT2D eigenvalue weighted by Gasteiger charge is 2.16. The van der Waals surface area contributed by atoms with Crippen molar-refractivity contribution in [2.24, 2.45) is 5.92 Å². The first-order valence-corrected chi connectivity index (χ1v) is 6.86. The summed E-state index contributed by atoms with van der Waals surface area (Å²) in [5, 5.41) is 3.59. The Morgan fingerprint density at radius 3 is 3.19 bits per heavy atom. The molecular formula is C12H20N2OS. The van der Waals surface area contributed by atoms with Gasteiger partial charge in [0.05, 0.1) is 17.8 Å². The Labute approximate surface area is 101 Å². The van der Waals surface area contributed by atoms with Gasteiger partial charge in [-0.3, -0.25) is 0 Å². The fourth-order valence-corrected chi connectivity index (χ4v) is 2.97. The van der Waals surface area contributed by atoms with Gasteiger partial charge in [-0.15, -0.1) is 11.3 Å². The molecule has 1 fully saturated rings. The third kappa shape index (κ3) is 3.03. The molecule has 0 spiro atoms. The number of ether oxygens (including phenoxy) is 1. The highest BCUT2D eigenvalue weighted by molar-refractivity contribution is 7.09. The van der Waals surface area contributed by atoms with E-state index in [1.165, 1.54) is 17.7 Å². The van der Waals surface area contributed by atoms with Gasteiger partial charge in [0.1, 0.15) is 0 Å². The Hall–Kier alpha value is -0.450. The molecule has 16 heavy (non-hydrogen) atoms. The van der Waals surface area contributed by atoms with Crippen molar-refractivity contribution < 1.29 is 4.74 Å². The molecular weight excluding hydrogens is 220 g/mol. The number of nitrogens with zero attached hydrogens (tertiary/aromatic N) is 1. The maximum atomic E-state index is 5.48. The highest BCUT2D eigenvalue weighted by Crippen LogP contribution is 2.22. The van der Waals surface area contributed by atoms with E-state index in [1.807, 2.05) is 5.51 Å². The van der Waals surface area contributed by atoms with Crippen molar-refractivity contribution in [3.63, 3.8) is 0 Å². The van der Waals surface area contributed by atoms with Crippen LogP contribution < -0.4 is 5.32 Å². The Bertz CT molecular complexity index is 321. The molecule has 3 nitrogen and oxygen atoms in total. The van der Waals surface area contributed by atoms with E-state index in [4.69, 9.17) is 4.74 Å². The highest BCUT2D eigenvalue weighted by atomic mass is 32.1. The first kappa shape index (κ1) is 12.0. The van der Waals surface area contributed by atoms with Crippen LogP contribution in [0.4, 0.5) is 0 Å². The third-order valence-electron chi connectivity index (χ3n) is 3.14. The normalized spacial score (nSPS) is 23.2. The summed E-state index contributed by atoms with van der Waals surface area (Å²) in [6.45, 7) is 7.21. The van der Waals surface area contributed by atoms with Crippen LogP contribution in [-0.4, -0.2) is 24.7 Å². The minimum absolute atomic E-state index is 0.412. The van der Waals surface area contributed by atoms with Gasteiger partial charge < -0.3 is 10.1 Å². The van der Waals surface area contributed by atoms with E-state index in [0.717, 1.165) is 25.5 Å². The van der Waals surface area contributed by atoms with Crippen LogP contribution in [0.3, 0.4) is 0 Å². The molecule has 4 heteroatoms. The van der Waals surface area contributed by atoms with E-state index < -0.39 is 0 Å². The molecule has 1 saturated heterocycles. The second-order valence-electron chi connectivity index (χ2n) is 4.52. The predicted octanol–water partition coefficient (Wildman–Crippen LogP) is 2.53. The van der Waals surface area contributed by atoms with E-state index in [1.54, 1.807) is 11.3 Å². The van der Waals surface area contributed by atoms with Crippen LogP contribution in [-0.2, 0) is 4.74 Å². The number of aryl methyl sites for hydroxylation is 1. The molecule has 1 aliphatic heterocycles. The topological polar surface area (TPSA) is 34.2 Å². The van der Waals surface area contributed by atoms with Crippen LogP contribution in [0, 0.1) is 12.8 Å². The summed E-state index contributed by atoms with van der Waals surface area (Å²) in [7, 11) is 0. The molecule has 1 aromatic heterocycles. The average molecular weight is 240 g/mol. The summed E-state index contributed by atoms with van der Waals surface area (Å²) >= 11 is 1.74. The SMILES string of the molecule is Cc1ncsc1C(C)NCC1CCCOC1. The lowest BCUT2D eigenvalue weighted by atomic mass is 10.0. The summed E-state index contributed by atoms with van der Waals surface area (Å²) in [5.41, 5.74) is 3.08. The summed E-state index contributed by atoms with van der Waals surface area (Å²) in [4.78, 5) is 5.64.